The van der Waals surface area contributed by atoms with Gasteiger partial charge in [0.05, 0.1) is 6.61 Å². The molecule has 0 radical (unpaired) electrons. The maximum Gasteiger partial charge on any atom is 0.317 e. The van der Waals surface area contributed by atoms with Gasteiger partial charge in [0.25, 0.3) is 6.43 Å². The van der Waals surface area contributed by atoms with Crippen molar-refractivity contribution in [2.75, 3.05) is 32.8 Å². The number of carbonyl (C=O) groups excluding carboxylic acids is 1. The SMILES string of the molecule is O=C(O)CC1CCCN(C(=O)NCCOCC(F)F)C1. The van der Waals surface area contributed by atoms with Gasteiger partial charge in [-0.3, -0.25) is 4.79 Å². The average molecular weight is 294 g/mol. The summed E-state index contributed by atoms with van der Waals surface area (Å²) in [6.45, 7) is 0.546. The molecule has 20 heavy (non-hydrogen) atoms. The molecule has 2 N–H and O–H groups in total. The molecule has 0 saturated carbocycles. The first-order valence-electron chi connectivity index (χ1n) is 6.59. The molecule has 8 heteroatoms. The number of rotatable bonds is 7. The van der Waals surface area contributed by atoms with Crippen LogP contribution < -0.4 is 5.32 Å². The summed E-state index contributed by atoms with van der Waals surface area (Å²) in [6.07, 6.45) is -0.883. The Hall–Kier alpha value is -1.44. The van der Waals surface area contributed by atoms with Gasteiger partial charge in [0.15, 0.2) is 0 Å². The fourth-order valence-corrected chi connectivity index (χ4v) is 2.18. The van der Waals surface area contributed by atoms with Crippen LogP contribution in [0, 0.1) is 5.92 Å². The number of likely N-dealkylation sites (tertiary alicyclic amines) is 1. The normalized spacial score (nSPS) is 19.1. The van der Waals surface area contributed by atoms with E-state index in [4.69, 9.17) is 5.11 Å². The topological polar surface area (TPSA) is 78.9 Å². The highest BCUT2D eigenvalue weighted by molar-refractivity contribution is 5.74. The Balaban J connectivity index is 2.20. The van der Waals surface area contributed by atoms with Gasteiger partial charge in [-0.1, -0.05) is 0 Å². The van der Waals surface area contributed by atoms with Crippen molar-refractivity contribution < 1.29 is 28.2 Å². The Morgan fingerprint density at radius 3 is 2.85 bits per heavy atom. The van der Waals surface area contributed by atoms with E-state index >= 15 is 0 Å². The summed E-state index contributed by atoms with van der Waals surface area (Å²) in [6, 6.07) is -0.305. The van der Waals surface area contributed by atoms with Crippen LogP contribution in [0.2, 0.25) is 0 Å². The van der Waals surface area contributed by atoms with E-state index < -0.39 is 19.0 Å². The van der Waals surface area contributed by atoms with Crippen molar-refractivity contribution in [1.29, 1.82) is 0 Å². The molecule has 0 aromatic carbocycles. The molecular weight excluding hydrogens is 274 g/mol. The van der Waals surface area contributed by atoms with Gasteiger partial charge in [-0.15, -0.1) is 0 Å². The minimum atomic E-state index is -2.51. The Kier molecular flexibility index (Phi) is 7.21. The monoisotopic (exact) mass is 294 g/mol. The molecular formula is C12H20F2N2O4. The summed E-state index contributed by atoms with van der Waals surface area (Å²) in [5, 5.41) is 11.3. The van der Waals surface area contributed by atoms with E-state index in [-0.39, 0.29) is 31.5 Å². The van der Waals surface area contributed by atoms with Gasteiger partial charge in [-0.2, -0.15) is 0 Å². The lowest BCUT2D eigenvalue weighted by Gasteiger charge is -2.32. The van der Waals surface area contributed by atoms with E-state index in [1.165, 1.54) is 0 Å². The van der Waals surface area contributed by atoms with Crippen LogP contribution in [0.3, 0.4) is 0 Å². The van der Waals surface area contributed by atoms with Crippen LogP contribution in [0.25, 0.3) is 0 Å². The summed E-state index contributed by atoms with van der Waals surface area (Å²) < 4.78 is 28.2. The molecule has 1 rings (SSSR count). The molecule has 1 unspecified atom stereocenters. The molecule has 0 spiro atoms. The fraction of sp³-hybridized carbons (Fsp3) is 0.833. The average Bonchev–Trinajstić information content (AvgIpc) is 2.37. The molecule has 0 bridgehead atoms. The number of hydrogen-bond acceptors (Lipinski definition) is 3. The molecule has 116 valence electrons. The van der Waals surface area contributed by atoms with Crippen molar-refractivity contribution in [2.45, 2.75) is 25.7 Å². The first-order chi connectivity index (χ1) is 9.49. The van der Waals surface area contributed by atoms with Crippen molar-refractivity contribution in [1.82, 2.24) is 10.2 Å². The lowest BCUT2D eigenvalue weighted by molar-refractivity contribution is -0.138. The first kappa shape index (κ1) is 16.6. The van der Waals surface area contributed by atoms with Gasteiger partial charge in [0.2, 0.25) is 0 Å². The molecule has 2 amide bonds. The highest BCUT2D eigenvalue weighted by Gasteiger charge is 2.24. The van der Waals surface area contributed by atoms with Gasteiger partial charge < -0.3 is 20.1 Å². The van der Waals surface area contributed by atoms with E-state index in [9.17, 15) is 18.4 Å². The number of piperidine rings is 1. The van der Waals surface area contributed by atoms with Gasteiger partial charge in [0.1, 0.15) is 6.61 Å². The minimum Gasteiger partial charge on any atom is -0.481 e. The molecule has 6 nitrogen and oxygen atoms in total. The number of halogens is 2. The zero-order valence-electron chi connectivity index (χ0n) is 11.2. The third-order valence-electron chi connectivity index (χ3n) is 3.04. The standard InChI is InChI=1S/C12H20F2N2O4/c13-10(14)8-20-5-3-15-12(19)16-4-1-2-9(7-16)6-11(17)18/h9-10H,1-8H2,(H,15,19)(H,17,18). The maximum absolute atomic E-state index is 11.8. The van der Waals surface area contributed by atoms with E-state index in [0.29, 0.717) is 13.1 Å². The highest BCUT2D eigenvalue weighted by Crippen LogP contribution is 2.19. The van der Waals surface area contributed by atoms with Crippen molar-refractivity contribution in [3.05, 3.63) is 0 Å². The van der Waals surface area contributed by atoms with E-state index in [0.717, 1.165) is 12.8 Å². The summed E-state index contributed by atoms with van der Waals surface area (Å²) in [4.78, 5) is 24.0. The van der Waals surface area contributed by atoms with Crippen LogP contribution in [0.1, 0.15) is 19.3 Å². The second-order valence-corrected chi connectivity index (χ2v) is 4.75. The lowest BCUT2D eigenvalue weighted by Crippen LogP contribution is -2.46. The molecule has 1 fully saturated rings. The van der Waals surface area contributed by atoms with Gasteiger partial charge in [-0.25, -0.2) is 13.6 Å². The third-order valence-corrected chi connectivity index (χ3v) is 3.04. The Morgan fingerprint density at radius 1 is 1.45 bits per heavy atom. The maximum atomic E-state index is 11.8. The summed E-state index contributed by atoms with van der Waals surface area (Å²) in [5.41, 5.74) is 0. The van der Waals surface area contributed by atoms with Crippen molar-refractivity contribution >= 4 is 12.0 Å². The number of alkyl halides is 2. The number of aliphatic carboxylic acids is 1. The molecule has 1 atom stereocenters. The van der Waals surface area contributed by atoms with E-state index in [2.05, 4.69) is 10.1 Å². The number of urea groups is 1. The molecule has 1 aliphatic rings. The highest BCUT2D eigenvalue weighted by atomic mass is 19.3. The number of carbonyl (C=O) groups is 2. The second-order valence-electron chi connectivity index (χ2n) is 4.75. The number of nitrogens with one attached hydrogen (secondary N) is 1. The van der Waals surface area contributed by atoms with Crippen molar-refractivity contribution in [3.63, 3.8) is 0 Å². The number of ether oxygens (including phenoxy) is 1. The first-order valence-corrected chi connectivity index (χ1v) is 6.59. The molecule has 0 aliphatic carbocycles. The lowest BCUT2D eigenvalue weighted by atomic mass is 9.95. The molecule has 0 aromatic rings. The largest absolute Gasteiger partial charge is 0.481 e. The molecule has 1 saturated heterocycles. The fourth-order valence-electron chi connectivity index (χ4n) is 2.18. The predicted molar refractivity (Wildman–Crippen MR) is 66.8 cm³/mol. The number of nitrogens with zero attached hydrogens (tertiary/aromatic N) is 1. The predicted octanol–water partition coefficient (Wildman–Crippen LogP) is 1.16. The van der Waals surface area contributed by atoms with Gasteiger partial charge >= 0.3 is 12.0 Å². The van der Waals surface area contributed by atoms with E-state index in [1.54, 1.807) is 4.90 Å². The minimum absolute atomic E-state index is 0.0258. The molecule has 1 heterocycles. The van der Waals surface area contributed by atoms with Crippen LogP contribution in [0.5, 0.6) is 0 Å². The number of hydrogen-bond donors (Lipinski definition) is 2. The quantitative estimate of drug-likeness (QED) is 0.691. The Labute approximate surface area is 116 Å². The summed E-state index contributed by atoms with van der Waals surface area (Å²) >= 11 is 0. The summed E-state index contributed by atoms with van der Waals surface area (Å²) in [5.74, 6) is -0.889. The number of carboxylic acid groups (broad SMARTS) is 1. The van der Waals surface area contributed by atoms with Gasteiger partial charge in [0, 0.05) is 26.1 Å². The van der Waals surface area contributed by atoms with Crippen LogP contribution in [-0.4, -0.2) is 61.3 Å². The van der Waals surface area contributed by atoms with Crippen molar-refractivity contribution in [2.24, 2.45) is 5.92 Å². The number of amides is 2. The zero-order valence-corrected chi connectivity index (χ0v) is 11.2. The smallest absolute Gasteiger partial charge is 0.317 e. The third kappa shape index (κ3) is 6.65. The zero-order chi connectivity index (χ0) is 15.0. The van der Waals surface area contributed by atoms with Crippen LogP contribution in [0.15, 0.2) is 0 Å². The second kappa shape index (κ2) is 8.68. The van der Waals surface area contributed by atoms with Crippen LogP contribution in [-0.2, 0) is 9.53 Å². The Morgan fingerprint density at radius 2 is 2.20 bits per heavy atom. The van der Waals surface area contributed by atoms with E-state index in [1.807, 2.05) is 0 Å². The molecule has 0 aromatic heterocycles. The molecule has 1 aliphatic heterocycles. The summed E-state index contributed by atoms with van der Waals surface area (Å²) in [7, 11) is 0. The number of carboxylic acids is 1. The van der Waals surface area contributed by atoms with Crippen molar-refractivity contribution in [3.8, 4) is 0 Å². The van der Waals surface area contributed by atoms with Gasteiger partial charge in [-0.05, 0) is 18.8 Å². The van der Waals surface area contributed by atoms with Crippen LogP contribution >= 0.6 is 0 Å². The van der Waals surface area contributed by atoms with Crippen LogP contribution in [0.4, 0.5) is 13.6 Å². The Bertz CT molecular complexity index is 329.